The molecule has 0 radical (unpaired) electrons. The van der Waals surface area contributed by atoms with E-state index in [9.17, 15) is 0 Å². The predicted molar refractivity (Wildman–Crippen MR) is 85.2 cm³/mol. The predicted octanol–water partition coefficient (Wildman–Crippen LogP) is 2.36. The van der Waals surface area contributed by atoms with Gasteiger partial charge in [-0.25, -0.2) is 4.98 Å². The highest BCUT2D eigenvalue weighted by Gasteiger charge is 2.12. The molecule has 20 heavy (non-hydrogen) atoms. The molecule has 104 valence electrons. The van der Waals surface area contributed by atoms with E-state index in [0.717, 1.165) is 22.7 Å². The summed E-state index contributed by atoms with van der Waals surface area (Å²) in [5, 5.41) is 0. The van der Waals surface area contributed by atoms with E-state index in [1.165, 1.54) is 0 Å². The standard InChI is InChI=1S/C15H17N3OS/c1-18(10-11-6-3-4-8-13(11)19-2)15-12(14(16)20)7-5-9-17-15/h3-9H,10H2,1-2H3,(H2,16,20). The number of pyridine rings is 1. The van der Waals surface area contributed by atoms with E-state index in [4.69, 9.17) is 22.7 Å². The van der Waals surface area contributed by atoms with Crippen molar-refractivity contribution in [3.63, 3.8) is 0 Å². The van der Waals surface area contributed by atoms with Crippen molar-refractivity contribution >= 4 is 23.0 Å². The zero-order chi connectivity index (χ0) is 14.5. The fourth-order valence-electron chi connectivity index (χ4n) is 2.06. The minimum Gasteiger partial charge on any atom is -0.496 e. The summed E-state index contributed by atoms with van der Waals surface area (Å²) >= 11 is 5.07. The molecule has 0 bridgehead atoms. The summed E-state index contributed by atoms with van der Waals surface area (Å²) in [5.41, 5.74) is 7.60. The molecule has 0 fully saturated rings. The molecule has 0 saturated carbocycles. The number of nitrogens with two attached hydrogens (primary N) is 1. The fraction of sp³-hybridized carbons (Fsp3) is 0.200. The first-order valence-corrected chi connectivity index (χ1v) is 6.62. The third-order valence-electron chi connectivity index (χ3n) is 3.01. The number of hydrogen-bond donors (Lipinski definition) is 1. The van der Waals surface area contributed by atoms with Gasteiger partial charge in [-0.15, -0.1) is 0 Å². The molecule has 0 aliphatic carbocycles. The number of hydrogen-bond acceptors (Lipinski definition) is 4. The number of anilines is 1. The average Bonchev–Trinajstić information content (AvgIpc) is 2.47. The first kappa shape index (κ1) is 14.3. The van der Waals surface area contributed by atoms with Gasteiger partial charge in [0.05, 0.1) is 12.7 Å². The second-order valence-electron chi connectivity index (χ2n) is 4.41. The maximum atomic E-state index is 5.74. The minimum atomic E-state index is 0.347. The molecular weight excluding hydrogens is 270 g/mol. The van der Waals surface area contributed by atoms with Gasteiger partial charge >= 0.3 is 0 Å². The number of ether oxygens (including phenoxy) is 1. The van der Waals surface area contributed by atoms with Crippen LogP contribution in [0.15, 0.2) is 42.6 Å². The summed E-state index contributed by atoms with van der Waals surface area (Å²) in [4.78, 5) is 6.72. The monoisotopic (exact) mass is 287 g/mol. The molecule has 4 nitrogen and oxygen atoms in total. The highest BCUT2D eigenvalue weighted by molar-refractivity contribution is 7.80. The van der Waals surface area contributed by atoms with Gasteiger partial charge in [-0.2, -0.15) is 0 Å². The Labute approximate surface area is 124 Å². The highest BCUT2D eigenvalue weighted by atomic mass is 32.1. The van der Waals surface area contributed by atoms with Gasteiger partial charge < -0.3 is 15.4 Å². The number of aromatic nitrogens is 1. The number of rotatable bonds is 5. The minimum absolute atomic E-state index is 0.347. The summed E-state index contributed by atoms with van der Waals surface area (Å²) in [6, 6.07) is 11.6. The number of nitrogens with zero attached hydrogens (tertiary/aromatic N) is 2. The molecule has 2 aromatic rings. The zero-order valence-electron chi connectivity index (χ0n) is 11.5. The molecule has 0 aliphatic heterocycles. The van der Waals surface area contributed by atoms with Crippen LogP contribution in [-0.4, -0.2) is 24.1 Å². The molecule has 0 spiro atoms. The van der Waals surface area contributed by atoms with Crippen LogP contribution < -0.4 is 15.4 Å². The van der Waals surface area contributed by atoms with Crippen molar-refractivity contribution in [1.29, 1.82) is 0 Å². The van der Waals surface area contributed by atoms with Crippen LogP contribution in [-0.2, 0) is 6.54 Å². The van der Waals surface area contributed by atoms with Crippen molar-refractivity contribution in [2.45, 2.75) is 6.54 Å². The van der Waals surface area contributed by atoms with Gasteiger partial charge in [-0.05, 0) is 18.2 Å². The Hall–Kier alpha value is -2.14. The van der Waals surface area contributed by atoms with Crippen molar-refractivity contribution in [3.8, 4) is 5.75 Å². The topological polar surface area (TPSA) is 51.4 Å². The molecule has 0 saturated heterocycles. The molecule has 0 aliphatic rings. The molecule has 2 N–H and O–H groups in total. The largest absolute Gasteiger partial charge is 0.496 e. The van der Waals surface area contributed by atoms with Crippen molar-refractivity contribution in [3.05, 3.63) is 53.7 Å². The summed E-state index contributed by atoms with van der Waals surface area (Å²) in [6.45, 7) is 0.663. The lowest BCUT2D eigenvalue weighted by molar-refractivity contribution is 0.409. The molecule has 5 heteroatoms. The van der Waals surface area contributed by atoms with Crippen molar-refractivity contribution < 1.29 is 4.74 Å². The first-order valence-electron chi connectivity index (χ1n) is 6.21. The van der Waals surface area contributed by atoms with Crippen molar-refractivity contribution in [2.24, 2.45) is 5.73 Å². The molecule has 0 unspecified atom stereocenters. The molecule has 0 amide bonds. The van der Waals surface area contributed by atoms with Gasteiger partial charge in [0, 0.05) is 25.4 Å². The van der Waals surface area contributed by atoms with Gasteiger partial charge in [-0.1, -0.05) is 30.4 Å². The van der Waals surface area contributed by atoms with E-state index in [1.807, 2.05) is 48.3 Å². The van der Waals surface area contributed by atoms with Crippen LogP contribution in [0.2, 0.25) is 0 Å². The van der Waals surface area contributed by atoms with Crippen LogP contribution in [0.25, 0.3) is 0 Å². The molecular formula is C15H17N3OS. The van der Waals surface area contributed by atoms with Crippen LogP contribution in [0.3, 0.4) is 0 Å². The van der Waals surface area contributed by atoms with Crippen LogP contribution in [0.5, 0.6) is 5.75 Å². The van der Waals surface area contributed by atoms with E-state index in [2.05, 4.69) is 4.98 Å². The first-order chi connectivity index (χ1) is 9.63. The zero-order valence-corrected chi connectivity index (χ0v) is 12.4. The Morgan fingerprint density at radius 3 is 2.75 bits per heavy atom. The lowest BCUT2D eigenvalue weighted by atomic mass is 10.1. The smallest absolute Gasteiger partial charge is 0.138 e. The maximum absolute atomic E-state index is 5.74. The Bertz CT molecular complexity index is 616. The summed E-state index contributed by atoms with van der Waals surface area (Å²) < 4.78 is 5.36. The molecule has 2 rings (SSSR count). The normalized spacial score (nSPS) is 10.1. The van der Waals surface area contributed by atoms with Crippen molar-refractivity contribution in [2.75, 3.05) is 19.1 Å². The number of benzene rings is 1. The Balaban J connectivity index is 2.29. The van der Waals surface area contributed by atoms with Crippen LogP contribution in [0.4, 0.5) is 5.82 Å². The van der Waals surface area contributed by atoms with Gasteiger partial charge in [0.25, 0.3) is 0 Å². The van der Waals surface area contributed by atoms with Gasteiger partial charge in [-0.3, -0.25) is 0 Å². The lowest BCUT2D eigenvalue weighted by Gasteiger charge is -2.21. The third kappa shape index (κ3) is 3.05. The summed E-state index contributed by atoms with van der Waals surface area (Å²) in [6.07, 6.45) is 1.73. The average molecular weight is 287 g/mol. The maximum Gasteiger partial charge on any atom is 0.138 e. The van der Waals surface area contributed by atoms with Crippen LogP contribution in [0.1, 0.15) is 11.1 Å². The molecule has 1 aromatic heterocycles. The van der Waals surface area contributed by atoms with E-state index in [0.29, 0.717) is 11.5 Å². The number of thiocarbonyl (C=S) groups is 1. The van der Waals surface area contributed by atoms with Gasteiger partial charge in [0.2, 0.25) is 0 Å². The van der Waals surface area contributed by atoms with E-state index in [1.54, 1.807) is 13.3 Å². The van der Waals surface area contributed by atoms with Crippen molar-refractivity contribution in [1.82, 2.24) is 4.98 Å². The molecule has 1 heterocycles. The summed E-state index contributed by atoms with van der Waals surface area (Å²) in [7, 11) is 3.62. The van der Waals surface area contributed by atoms with Gasteiger partial charge in [0.15, 0.2) is 0 Å². The third-order valence-corrected chi connectivity index (χ3v) is 3.23. The quantitative estimate of drug-likeness (QED) is 0.856. The Morgan fingerprint density at radius 2 is 2.05 bits per heavy atom. The fourth-order valence-corrected chi connectivity index (χ4v) is 2.22. The lowest BCUT2D eigenvalue weighted by Crippen LogP contribution is -2.23. The van der Waals surface area contributed by atoms with E-state index < -0.39 is 0 Å². The molecule has 1 aromatic carbocycles. The molecule has 0 atom stereocenters. The number of para-hydroxylation sites is 1. The SMILES string of the molecule is COc1ccccc1CN(C)c1ncccc1C(N)=S. The Morgan fingerprint density at radius 1 is 1.30 bits per heavy atom. The van der Waals surface area contributed by atoms with E-state index >= 15 is 0 Å². The number of methoxy groups -OCH3 is 1. The van der Waals surface area contributed by atoms with Crippen LogP contribution >= 0.6 is 12.2 Å². The second-order valence-corrected chi connectivity index (χ2v) is 4.85. The Kier molecular flexibility index (Phi) is 4.53. The second kappa shape index (κ2) is 6.34. The highest BCUT2D eigenvalue weighted by Crippen LogP contribution is 2.23. The van der Waals surface area contributed by atoms with E-state index in [-0.39, 0.29) is 0 Å². The van der Waals surface area contributed by atoms with Crippen LogP contribution in [0, 0.1) is 0 Å². The summed E-state index contributed by atoms with van der Waals surface area (Å²) in [5.74, 6) is 1.62. The van der Waals surface area contributed by atoms with Gasteiger partial charge in [0.1, 0.15) is 16.6 Å².